The van der Waals surface area contributed by atoms with Crippen LogP contribution in [0, 0.1) is 11.7 Å². The van der Waals surface area contributed by atoms with Gasteiger partial charge in [-0.25, -0.2) is 0 Å². The van der Waals surface area contributed by atoms with E-state index in [9.17, 15) is 0 Å². The smallest absolute Gasteiger partial charge is 0.182 e. The summed E-state index contributed by atoms with van der Waals surface area (Å²) in [5.41, 5.74) is 5.64. The largest absolute Gasteiger partial charge is 0.376 e. The number of benzene rings is 2. The molecule has 0 aliphatic rings. The van der Waals surface area contributed by atoms with Gasteiger partial charge in [0.05, 0.1) is 22.4 Å². The normalized spacial score (nSPS) is 10.9. The summed E-state index contributed by atoms with van der Waals surface area (Å²) in [4.78, 5) is 5.39. The van der Waals surface area contributed by atoms with Crippen molar-refractivity contribution in [1.82, 2.24) is 9.55 Å². The molecule has 102 valence electrons. The number of nitrogens with one attached hydrogen (secondary N) is 1. The van der Waals surface area contributed by atoms with Gasteiger partial charge in [0.25, 0.3) is 0 Å². The molecule has 0 saturated heterocycles. The minimum atomic E-state index is 0.722. The summed E-state index contributed by atoms with van der Waals surface area (Å²) in [6, 6.07) is 14.6. The van der Waals surface area contributed by atoms with Gasteiger partial charge in [0.2, 0.25) is 0 Å². The van der Waals surface area contributed by atoms with Gasteiger partial charge in [0.15, 0.2) is 4.77 Å². The number of anilines is 1. The van der Waals surface area contributed by atoms with Crippen LogP contribution in [0.1, 0.15) is 5.56 Å². The van der Waals surface area contributed by atoms with Crippen LogP contribution >= 0.6 is 12.2 Å². The van der Waals surface area contributed by atoms with Crippen molar-refractivity contribution in [2.24, 2.45) is 0 Å². The van der Waals surface area contributed by atoms with Gasteiger partial charge in [0.1, 0.15) is 0 Å². The van der Waals surface area contributed by atoms with Gasteiger partial charge < -0.3 is 9.88 Å². The fourth-order valence-electron chi connectivity index (χ4n) is 2.50. The van der Waals surface area contributed by atoms with Crippen molar-refractivity contribution in [3.8, 4) is 5.69 Å². The van der Waals surface area contributed by atoms with Gasteiger partial charge >= 0.3 is 0 Å². The zero-order valence-corrected chi connectivity index (χ0v) is 12.7. The van der Waals surface area contributed by atoms with Crippen LogP contribution < -0.4 is 4.90 Å². The predicted molar refractivity (Wildman–Crippen MR) is 87.5 cm³/mol. The molecule has 2 aromatic carbocycles. The van der Waals surface area contributed by atoms with E-state index < -0.39 is 0 Å². The third-order valence-electron chi connectivity index (χ3n) is 3.44. The van der Waals surface area contributed by atoms with Crippen LogP contribution in [-0.2, 0) is 0 Å². The highest BCUT2D eigenvalue weighted by Crippen LogP contribution is 2.27. The molecule has 0 atom stereocenters. The predicted octanol–water partition coefficient (Wildman–Crippen LogP) is 4.06. The third kappa shape index (κ3) is 2.02. The molecule has 0 aliphatic carbocycles. The Balaban J connectivity index is 2.36. The quantitative estimate of drug-likeness (QED) is 0.717. The summed E-state index contributed by atoms with van der Waals surface area (Å²) in [6.07, 6.45) is 0. The van der Waals surface area contributed by atoms with Crippen molar-refractivity contribution in [3.05, 3.63) is 52.8 Å². The summed E-state index contributed by atoms with van der Waals surface area (Å²) in [6.45, 7) is 2.08. The van der Waals surface area contributed by atoms with Crippen LogP contribution in [0.15, 0.2) is 42.5 Å². The second-order valence-electron chi connectivity index (χ2n) is 5.17. The minimum Gasteiger partial charge on any atom is -0.376 e. The zero-order valence-electron chi connectivity index (χ0n) is 11.8. The molecule has 3 rings (SSSR count). The number of aromatic amines is 1. The summed E-state index contributed by atoms with van der Waals surface area (Å²) in [5, 5.41) is 0. The van der Waals surface area contributed by atoms with Gasteiger partial charge in [0, 0.05) is 14.1 Å². The molecule has 4 heteroatoms. The second-order valence-corrected chi connectivity index (χ2v) is 5.56. The van der Waals surface area contributed by atoms with E-state index in [-0.39, 0.29) is 0 Å². The van der Waals surface area contributed by atoms with Gasteiger partial charge in [-0.05, 0) is 49.0 Å². The molecule has 0 fully saturated rings. The van der Waals surface area contributed by atoms with Gasteiger partial charge in [-0.2, -0.15) is 0 Å². The van der Waals surface area contributed by atoms with E-state index in [1.807, 2.05) is 26.2 Å². The SMILES string of the molecule is Cc1ccc2c(c1)[nH]c(=S)n2-c1ccccc1N(C)C. The van der Waals surface area contributed by atoms with E-state index in [1.54, 1.807) is 0 Å². The molecule has 1 heterocycles. The number of hydrogen-bond acceptors (Lipinski definition) is 2. The first-order valence-electron chi connectivity index (χ1n) is 6.56. The molecule has 0 unspecified atom stereocenters. The average molecular weight is 283 g/mol. The lowest BCUT2D eigenvalue weighted by molar-refractivity contribution is 1.03. The summed E-state index contributed by atoms with van der Waals surface area (Å²) >= 11 is 5.51. The number of fused-ring (bicyclic) bond motifs is 1. The van der Waals surface area contributed by atoms with E-state index in [1.165, 1.54) is 5.56 Å². The first-order valence-corrected chi connectivity index (χ1v) is 6.97. The lowest BCUT2D eigenvalue weighted by atomic mass is 10.2. The summed E-state index contributed by atoms with van der Waals surface area (Å²) < 4.78 is 2.82. The highest BCUT2D eigenvalue weighted by atomic mass is 32.1. The lowest BCUT2D eigenvalue weighted by Crippen LogP contribution is -2.12. The van der Waals surface area contributed by atoms with Crippen molar-refractivity contribution in [3.63, 3.8) is 0 Å². The molecule has 0 bridgehead atoms. The van der Waals surface area contributed by atoms with Crippen LogP contribution in [0.25, 0.3) is 16.7 Å². The number of para-hydroxylation sites is 2. The molecule has 0 spiro atoms. The monoisotopic (exact) mass is 283 g/mol. The molecule has 20 heavy (non-hydrogen) atoms. The van der Waals surface area contributed by atoms with Crippen LogP contribution in [0.5, 0.6) is 0 Å². The molecule has 0 radical (unpaired) electrons. The van der Waals surface area contributed by atoms with E-state index >= 15 is 0 Å². The number of nitrogens with zero attached hydrogens (tertiary/aromatic N) is 2. The Morgan fingerprint density at radius 1 is 1.10 bits per heavy atom. The first-order chi connectivity index (χ1) is 9.58. The van der Waals surface area contributed by atoms with Crippen LogP contribution in [-0.4, -0.2) is 23.6 Å². The Kier molecular flexibility index (Phi) is 3.10. The van der Waals surface area contributed by atoms with Crippen LogP contribution in [0.4, 0.5) is 5.69 Å². The van der Waals surface area contributed by atoms with Gasteiger partial charge in [-0.3, -0.25) is 4.57 Å². The van der Waals surface area contributed by atoms with Crippen LogP contribution in [0.3, 0.4) is 0 Å². The van der Waals surface area contributed by atoms with Crippen molar-refractivity contribution in [1.29, 1.82) is 0 Å². The first kappa shape index (κ1) is 12.9. The topological polar surface area (TPSA) is 24.0 Å². The molecular formula is C16H17N3S. The van der Waals surface area contributed by atoms with Crippen molar-refractivity contribution in [2.75, 3.05) is 19.0 Å². The Bertz CT molecular complexity index is 827. The Morgan fingerprint density at radius 2 is 1.85 bits per heavy atom. The molecule has 0 saturated carbocycles. The fourth-order valence-corrected chi connectivity index (χ4v) is 2.80. The van der Waals surface area contributed by atoms with Crippen molar-refractivity contribution >= 4 is 28.9 Å². The van der Waals surface area contributed by atoms with E-state index in [2.05, 4.69) is 51.7 Å². The molecule has 3 nitrogen and oxygen atoms in total. The number of aromatic nitrogens is 2. The maximum Gasteiger partial charge on any atom is 0.182 e. The lowest BCUT2D eigenvalue weighted by Gasteiger charge is -2.18. The van der Waals surface area contributed by atoms with Gasteiger partial charge in [-0.15, -0.1) is 0 Å². The molecule has 0 amide bonds. The highest BCUT2D eigenvalue weighted by Gasteiger charge is 2.11. The molecule has 0 aliphatic heterocycles. The van der Waals surface area contributed by atoms with E-state index in [0.717, 1.165) is 27.2 Å². The number of imidazole rings is 1. The van der Waals surface area contributed by atoms with Gasteiger partial charge in [-0.1, -0.05) is 18.2 Å². The third-order valence-corrected chi connectivity index (χ3v) is 3.73. The standard InChI is InChI=1S/C16H17N3S/c1-11-8-9-13-12(10-11)17-16(20)19(13)15-7-5-4-6-14(15)18(2)3/h4-10H,1-3H3,(H,17,20). The Hall–Kier alpha value is -2.07. The number of aryl methyl sites for hydroxylation is 1. The molecule has 1 N–H and O–H groups in total. The van der Waals surface area contributed by atoms with E-state index in [0.29, 0.717) is 0 Å². The number of rotatable bonds is 2. The highest BCUT2D eigenvalue weighted by molar-refractivity contribution is 7.71. The Labute approximate surface area is 123 Å². The second kappa shape index (κ2) is 4.80. The fraction of sp³-hybridized carbons (Fsp3) is 0.188. The Morgan fingerprint density at radius 3 is 2.60 bits per heavy atom. The van der Waals surface area contributed by atoms with Crippen LogP contribution in [0.2, 0.25) is 0 Å². The summed E-state index contributed by atoms with van der Waals surface area (Å²) in [7, 11) is 4.09. The van der Waals surface area contributed by atoms with Crippen molar-refractivity contribution in [2.45, 2.75) is 6.92 Å². The van der Waals surface area contributed by atoms with E-state index in [4.69, 9.17) is 12.2 Å². The molecule has 1 aromatic heterocycles. The average Bonchev–Trinajstić information content (AvgIpc) is 2.73. The maximum atomic E-state index is 5.51. The van der Waals surface area contributed by atoms with Crippen molar-refractivity contribution < 1.29 is 0 Å². The molecular weight excluding hydrogens is 266 g/mol. The minimum absolute atomic E-state index is 0.722. The zero-order chi connectivity index (χ0) is 14.3. The molecule has 3 aromatic rings. The maximum absolute atomic E-state index is 5.51. The number of hydrogen-bond donors (Lipinski definition) is 1. The summed E-state index contributed by atoms with van der Waals surface area (Å²) in [5.74, 6) is 0. The number of H-pyrrole nitrogens is 1.